The summed E-state index contributed by atoms with van der Waals surface area (Å²) >= 11 is 0. The number of hydrogen-bond acceptors (Lipinski definition) is 3. The first-order valence-corrected chi connectivity index (χ1v) is 2.65. The van der Waals surface area contributed by atoms with E-state index >= 15 is 0 Å². The van der Waals surface area contributed by atoms with Crippen molar-refractivity contribution in [3.63, 3.8) is 0 Å². The van der Waals surface area contributed by atoms with Crippen molar-refractivity contribution in [1.29, 1.82) is 0 Å². The van der Waals surface area contributed by atoms with E-state index in [1.807, 2.05) is 0 Å². The number of carboxylic acid groups (broad SMARTS) is 1. The number of nitrogens with two attached hydrogens (primary N) is 1. The molecule has 0 fully saturated rings. The van der Waals surface area contributed by atoms with Crippen LogP contribution in [0.5, 0.6) is 0 Å². The third-order valence-corrected chi connectivity index (χ3v) is 0.944. The Hall–Kier alpha value is -1.10. The molecule has 1 atom stereocenters. The predicted molar refractivity (Wildman–Crippen MR) is 33.9 cm³/mol. The lowest BCUT2D eigenvalue weighted by Gasteiger charge is -2.11. The summed E-state index contributed by atoms with van der Waals surface area (Å²) in [6.45, 7) is -0.0150. The monoisotopic (exact) mass is 145 g/mol. The van der Waals surface area contributed by atoms with Crippen LogP contribution in [0.3, 0.4) is 0 Å². The van der Waals surface area contributed by atoms with E-state index in [0.717, 1.165) is 4.90 Å². The standard InChI is InChI=1S/C5H9N2O3/c1-7(3-8)2-4(6)5(9)10/h4H,2,6H2,1H3,(H,9,10). The molecule has 0 aliphatic heterocycles. The molecule has 1 unspecified atom stereocenters. The smallest absolute Gasteiger partial charge is 0.322 e. The van der Waals surface area contributed by atoms with Crippen molar-refractivity contribution < 1.29 is 14.7 Å². The van der Waals surface area contributed by atoms with Crippen LogP contribution in [-0.4, -0.2) is 42.0 Å². The number of carboxylic acids is 1. The molecule has 1 amide bonds. The average molecular weight is 145 g/mol. The van der Waals surface area contributed by atoms with Crippen LogP contribution in [0.25, 0.3) is 0 Å². The van der Waals surface area contributed by atoms with Crippen LogP contribution in [0, 0.1) is 0 Å². The average Bonchev–Trinajstić information content (AvgIpc) is 1.87. The van der Waals surface area contributed by atoms with Crippen LogP contribution in [0.15, 0.2) is 0 Å². The Morgan fingerprint density at radius 3 is 2.70 bits per heavy atom. The Kier molecular flexibility index (Phi) is 3.42. The molecule has 10 heavy (non-hydrogen) atoms. The number of nitrogens with zero attached hydrogens (tertiary/aromatic N) is 1. The molecule has 0 rings (SSSR count). The first-order chi connectivity index (χ1) is 4.57. The highest BCUT2D eigenvalue weighted by Gasteiger charge is 2.12. The summed E-state index contributed by atoms with van der Waals surface area (Å²) in [5.41, 5.74) is 5.07. The van der Waals surface area contributed by atoms with Gasteiger partial charge >= 0.3 is 12.4 Å². The summed E-state index contributed by atoms with van der Waals surface area (Å²) in [6.07, 6.45) is 1.49. The zero-order valence-corrected chi connectivity index (χ0v) is 5.57. The quantitative estimate of drug-likeness (QED) is 0.466. The van der Waals surface area contributed by atoms with Crippen molar-refractivity contribution in [3.05, 3.63) is 0 Å². The Morgan fingerprint density at radius 2 is 2.40 bits per heavy atom. The molecule has 0 aliphatic carbocycles. The number of aliphatic carboxylic acids is 1. The predicted octanol–water partition coefficient (Wildman–Crippen LogP) is -1.60. The normalized spacial score (nSPS) is 12.2. The molecule has 0 aromatic rings. The molecule has 3 N–H and O–H groups in total. The van der Waals surface area contributed by atoms with Gasteiger partial charge in [0.05, 0.1) is 0 Å². The summed E-state index contributed by atoms with van der Waals surface area (Å²) in [6, 6.07) is -1.02. The molecule has 5 heteroatoms. The first kappa shape index (κ1) is 8.90. The summed E-state index contributed by atoms with van der Waals surface area (Å²) in [7, 11) is 1.41. The largest absolute Gasteiger partial charge is 0.480 e. The van der Waals surface area contributed by atoms with Crippen LogP contribution < -0.4 is 5.73 Å². The molecule has 0 heterocycles. The number of likely N-dealkylation sites (N-methyl/N-ethyl adjacent to an activating group) is 1. The highest BCUT2D eigenvalue weighted by atomic mass is 16.4. The van der Waals surface area contributed by atoms with Crippen molar-refractivity contribution in [2.24, 2.45) is 5.73 Å². The van der Waals surface area contributed by atoms with Gasteiger partial charge in [0.1, 0.15) is 6.04 Å². The second-order valence-corrected chi connectivity index (χ2v) is 1.92. The third kappa shape index (κ3) is 3.03. The molecule has 0 aromatic carbocycles. The molecule has 0 bridgehead atoms. The van der Waals surface area contributed by atoms with Gasteiger partial charge in [-0.3, -0.25) is 9.59 Å². The molecule has 0 aromatic heterocycles. The van der Waals surface area contributed by atoms with E-state index in [9.17, 15) is 9.59 Å². The van der Waals surface area contributed by atoms with Crippen LogP contribution in [0.2, 0.25) is 0 Å². The van der Waals surface area contributed by atoms with Crippen LogP contribution in [0.1, 0.15) is 0 Å². The highest BCUT2D eigenvalue weighted by molar-refractivity contribution is 5.73. The Bertz CT molecular complexity index is 137. The van der Waals surface area contributed by atoms with Crippen molar-refractivity contribution >= 4 is 12.4 Å². The Balaban J connectivity index is 3.67. The van der Waals surface area contributed by atoms with Crippen LogP contribution in [-0.2, 0) is 9.59 Å². The molecule has 0 saturated heterocycles. The lowest BCUT2D eigenvalue weighted by molar-refractivity contribution is -0.138. The van der Waals surface area contributed by atoms with Gasteiger partial charge in [0.15, 0.2) is 0 Å². The number of carbonyl (C=O) groups is 1. The fraction of sp³-hybridized carbons (Fsp3) is 0.600. The number of amides is 1. The second-order valence-electron chi connectivity index (χ2n) is 1.92. The van der Waals surface area contributed by atoms with Gasteiger partial charge in [-0.2, -0.15) is 0 Å². The Labute approximate surface area is 58.4 Å². The van der Waals surface area contributed by atoms with E-state index in [2.05, 4.69) is 0 Å². The topological polar surface area (TPSA) is 83.6 Å². The summed E-state index contributed by atoms with van der Waals surface area (Å²) < 4.78 is 0. The van der Waals surface area contributed by atoms with E-state index in [1.54, 1.807) is 0 Å². The second kappa shape index (κ2) is 3.84. The molecule has 0 aliphatic rings. The maximum absolute atomic E-state index is 10.1. The minimum atomic E-state index is -1.12. The van der Waals surface area contributed by atoms with Gasteiger partial charge in [0.25, 0.3) is 0 Å². The van der Waals surface area contributed by atoms with E-state index in [-0.39, 0.29) is 6.54 Å². The van der Waals surface area contributed by atoms with E-state index < -0.39 is 12.0 Å². The fourth-order valence-corrected chi connectivity index (χ4v) is 0.410. The van der Waals surface area contributed by atoms with Gasteiger partial charge in [0.2, 0.25) is 0 Å². The third-order valence-electron chi connectivity index (χ3n) is 0.944. The molecule has 0 spiro atoms. The summed E-state index contributed by atoms with van der Waals surface area (Å²) in [4.78, 5) is 20.9. The van der Waals surface area contributed by atoms with Gasteiger partial charge in [-0.1, -0.05) is 0 Å². The van der Waals surface area contributed by atoms with Gasteiger partial charge in [-0.05, 0) is 0 Å². The number of hydrogen-bond donors (Lipinski definition) is 2. The van der Waals surface area contributed by atoms with Crippen molar-refractivity contribution in [3.8, 4) is 0 Å². The number of carbonyl (C=O) groups excluding carboxylic acids is 1. The maximum atomic E-state index is 10.1. The van der Waals surface area contributed by atoms with E-state index in [4.69, 9.17) is 10.8 Å². The van der Waals surface area contributed by atoms with Gasteiger partial charge in [0, 0.05) is 13.6 Å². The minimum absolute atomic E-state index is 0.0150. The summed E-state index contributed by atoms with van der Waals surface area (Å²) in [5.74, 6) is -1.12. The Morgan fingerprint density at radius 1 is 1.90 bits per heavy atom. The molecule has 57 valence electrons. The fourth-order valence-electron chi connectivity index (χ4n) is 0.410. The van der Waals surface area contributed by atoms with Crippen LogP contribution >= 0.6 is 0 Å². The first-order valence-electron chi connectivity index (χ1n) is 2.65. The lowest BCUT2D eigenvalue weighted by Crippen LogP contribution is -2.40. The molecule has 1 radical (unpaired) electrons. The van der Waals surface area contributed by atoms with E-state index in [0.29, 0.717) is 0 Å². The molecular formula is C5H9N2O3. The molecule has 5 nitrogen and oxygen atoms in total. The van der Waals surface area contributed by atoms with E-state index in [1.165, 1.54) is 13.5 Å². The maximum Gasteiger partial charge on any atom is 0.322 e. The minimum Gasteiger partial charge on any atom is -0.480 e. The van der Waals surface area contributed by atoms with Crippen molar-refractivity contribution in [1.82, 2.24) is 4.90 Å². The van der Waals surface area contributed by atoms with Gasteiger partial charge < -0.3 is 15.7 Å². The van der Waals surface area contributed by atoms with Crippen molar-refractivity contribution in [2.75, 3.05) is 13.6 Å². The zero-order valence-electron chi connectivity index (χ0n) is 5.57. The van der Waals surface area contributed by atoms with Gasteiger partial charge in [-0.15, -0.1) is 0 Å². The molecule has 0 saturated carbocycles. The highest BCUT2D eigenvalue weighted by Crippen LogP contribution is 1.81. The lowest BCUT2D eigenvalue weighted by atomic mass is 10.3. The van der Waals surface area contributed by atoms with Crippen LogP contribution in [0.4, 0.5) is 0 Å². The molecular weight excluding hydrogens is 136 g/mol. The van der Waals surface area contributed by atoms with Crippen molar-refractivity contribution in [2.45, 2.75) is 6.04 Å². The number of rotatable bonds is 4. The SMILES string of the molecule is CN([C]=O)CC(N)C(=O)O. The zero-order chi connectivity index (χ0) is 8.15. The summed E-state index contributed by atoms with van der Waals surface area (Å²) in [5, 5.41) is 8.24. The van der Waals surface area contributed by atoms with Gasteiger partial charge in [-0.25, -0.2) is 0 Å².